The molecule has 0 radical (unpaired) electrons. The van der Waals surface area contributed by atoms with Gasteiger partial charge in [-0.05, 0) is 18.4 Å². The Morgan fingerprint density at radius 2 is 2.25 bits per heavy atom. The minimum absolute atomic E-state index is 0.0554. The fourth-order valence-corrected chi connectivity index (χ4v) is 2.29. The monoisotopic (exact) mass is 271 g/mol. The Morgan fingerprint density at radius 3 is 3.00 bits per heavy atom. The zero-order chi connectivity index (χ0) is 13.8. The van der Waals surface area contributed by atoms with E-state index in [0.717, 1.165) is 29.9 Å². The van der Waals surface area contributed by atoms with Crippen LogP contribution in [0.2, 0.25) is 0 Å². The fraction of sp³-hybridized carbons (Fsp3) is 0.333. The molecule has 0 bridgehead atoms. The lowest BCUT2D eigenvalue weighted by Gasteiger charge is -2.08. The van der Waals surface area contributed by atoms with Gasteiger partial charge in [0, 0.05) is 6.61 Å². The van der Waals surface area contributed by atoms with Crippen LogP contribution in [0.3, 0.4) is 0 Å². The van der Waals surface area contributed by atoms with E-state index in [1.54, 1.807) is 6.20 Å². The maximum absolute atomic E-state index is 11.8. The quantitative estimate of drug-likeness (QED) is 0.892. The number of rotatable bonds is 4. The molecule has 1 saturated heterocycles. The first-order valence-electron chi connectivity index (χ1n) is 6.81. The summed E-state index contributed by atoms with van der Waals surface area (Å²) < 4.78 is 5.34. The number of nitrogens with zero attached hydrogens (tertiary/aromatic N) is 1. The van der Waals surface area contributed by atoms with Crippen molar-refractivity contribution in [2.45, 2.75) is 25.5 Å². The summed E-state index contributed by atoms with van der Waals surface area (Å²) in [6.45, 7) is 1.07. The molecule has 3 rings (SSSR count). The van der Waals surface area contributed by atoms with Gasteiger partial charge in [-0.2, -0.15) is 0 Å². The molecule has 2 N–H and O–H groups in total. The standard InChI is InChI=1S/C15H17N3O2/c19-15(13-7-4-8-20-13)17-10-14-16-9-12(18-14)11-5-2-1-3-6-11/h1-3,5-6,9,13H,4,7-8,10H2,(H,16,18)(H,17,19). The third kappa shape index (κ3) is 2.88. The highest BCUT2D eigenvalue weighted by Gasteiger charge is 2.23. The molecule has 0 aliphatic carbocycles. The summed E-state index contributed by atoms with van der Waals surface area (Å²) in [6.07, 6.45) is 3.25. The number of H-pyrrole nitrogens is 1. The second-order valence-corrected chi connectivity index (χ2v) is 4.83. The minimum Gasteiger partial charge on any atom is -0.368 e. The lowest BCUT2D eigenvalue weighted by atomic mass is 10.2. The van der Waals surface area contributed by atoms with Gasteiger partial charge in [0.2, 0.25) is 5.91 Å². The van der Waals surface area contributed by atoms with Gasteiger partial charge in [-0.1, -0.05) is 30.3 Å². The molecule has 104 valence electrons. The summed E-state index contributed by atoms with van der Waals surface area (Å²) in [5.41, 5.74) is 2.03. The highest BCUT2D eigenvalue weighted by atomic mass is 16.5. The van der Waals surface area contributed by atoms with Crippen molar-refractivity contribution in [3.05, 3.63) is 42.4 Å². The molecule has 1 aromatic heterocycles. The number of aromatic amines is 1. The summed E-state index contributed by atoms with van der Waals surface area (Å²) in [4.78, 5) is 19.3. The molecule has 0 saturated carbocycles. The third-order valence-electron chi connectivity index (χ3n) is 3.37. The second-order valence-electron chi connectivity index (χ2n) is 4.83. The van der Waals surface area contributed by atoms with E-state index in [4.69, 9.17) is 4.74 Å². The van der Waals surface area contributed by atoms with Gasteiger partial charge >= 0.3 is 0 Å². The molecular formula is C15H17N3O2. The van der Waals surface area contributed by atoms with E-state index in [-0.39, 0.29) is 12.0 Å². The molecule has 1 amide bonds. The zero-order valence-corrected chi connectivity index (χ0v) is 11.1. The Hall–Kier alpha value is -2.14. The summed E-state index contributed by atoms with van der Waals surface area (Å²) in [5.74, 6) is 0.690. The second kappa shape index (κ2) is 5.88. The molecule has 1 aliphatic heterocycles. The Kier molecular flexibility index (Phi) is 3.78. The minimum atomic E-state index is -0.293. The summed E-state index contributed by atoms with van der Waals surface area (Å²) >= 11 is 0. The molecule has 1 atom stereocenters. The van der Waals surface area contributed by atoms with Gasteiger partial charge in [-0.25, -0.2) is 4.98 Å². The van der Waals surface area contributed by atoms with Crippen molar-refractivity contribution in [1.29, 1.82) is 0 Å². The van der Waals surface area contributed by atoms with Gasteiger partial charge in [-0.15, -0.1) is 0 Å². The maximum Gasteiger partial charge on any atom is 0.249 e. The predicted molar refractivity (Wildman–Crippen MR) is 74.8 cm³/mol. The highest BCUT2D eigenvalue weighted by molar-refractivity contribution is 5.80. The van der Waals surface area contributed by atoms with Gasteiger partial charge < -0.3 is 15.0 Å². The first kappa shape index (κ1) is 12.9. The topological polar surface area (TPSA) is 67.0 Å². The normalized spacial score (nSPS) is 18.1. The van der Waals surface area contributed by atoms with E-state index >= 15 is 0 Å². The molecule has 1 aromatic carbocycles. The van der Waals surface area contributed by atoms with Gasteiger partial charge in [0.1, 0.15) is 11.9 Å². The van der Waals surface area contributed by atoms with Crippen LogP contribution in [0.25, 0.3) is 11.3 Å². The average molecular weight is 271 g/mol. The summed E-state index contributed by atoms with van der Waals surface area (Å²) in [5, 5.41) is 2.85. The molecule has 1 fully saturated rings. The number of hydrogen-bond acceptors (Lipinski definition) is 3. The van der Waals surface area contributed by atoms with Crippen molar-refractivity contribution in [1.82, 2.24) is 15.3 Å². The first-order chi connectivity index (χ1) is 9.83. The number of aromatic nitrogens is 2. The lowest BCUT2D eigenvalue weighted by Crippen LogP contribution is -2.33. The number of nitrogens with one attached hydrogen (secondary N) is 2. The largest absolute Gasteiger partial charge is 0.368 e. The molecule has 0 spiro atoms. The Balaban J connectivity index is 1.59. The predicted octanol–water partition coefficient (Wildman–Crippen LogP) is 1.87. The average Bonchev–Trinajstić information content (AvgIpc) is 3.17. The van der Waals surface area contributed by atoms with Crippen LogP contribution in [0, 0.1) is 0 Å². The van der Waals surface area contributed by atoms with E-state index in [1.807, 2.05) is 30.3 Å². The molecule has 20 heavy (non-hydrogen) atoms. The Bertz CT molecular complexity index is 574. The number of benzene rings is 1. The van der Waals surface area contributed by atoms with Crippen LogP contribution in [0.15, 0.2) is 36.5 Å². The van der Waals surface area contributed by atoms with E-state index in [1.165, 1.54) is 0 Å². The van der Waals surface area contributed by atoms with Crippen LogP contribution in [-0.2, 0) is 16.1 Å². The van der Waals surface area contributed by atoms with E-state index in [0.29, 0.717) is 13.2 Å². The van der Waals surface area contributed by atoms with Crippen LogP contribution in [0.4, 0.5) is 0 Å². The molecule has 1 aliphatic rings. The Labute approximate surface area is 117 Å². The van der Waals surface area contributed by atoms with Crippen LogP contribution in [0.1, 0.15) is 18.7 Å². The summed E-state index contributed by atoms with van der Waals surface area (Å²) in [6, 6.07) is 9.97. The molecule has 2 heterocycles. The molecular weight excluding hydrogens is 254 g/mol. The van der Waals surface area contributed by atoms with Crippen LogP contribution < -0.4 is 5.32 Å². The van der Waals surface area contributed by atoms with E-state index in [2.05, 4.69) is 15.3 Å². The number of hydrogen-bond donors (Lipinski definition) is 2. The number of amides is 1. The van der Waals surface area contributed by atoms with Crippen LogP contribution in [0.5, 0.6) is 0 Å². The van der Waals surface area contributed by atoms with Crippen molar-refractivity contribution in [3.8, 4) is 11.3 Å². The molecule has 5 nitrogen and oxygen atoms in total. The SMILES string of the molecule is O=C(NCc1ncc(-c2ccccc2)[nH]1)C1CCCO1. The first-order valence-corrected chi connectivity index (χ1v) is 6.81. The number of carbonyl (C=O) groups excluding carboxylic acids is 1. The smallest absolute Gasteiger partial charge is 0.249 e. The summed E-state index contributed by atoms with van der Waals surface area (Å²) in [7, 11) is 0. The number of ether oxygens (including phenoxy) is 1. The van der Waals surface area contributed by atoms with Crippen molar-refractivity contribution in [2.75, 3.05) is 6.61 Å². The third-order valence-corrected chi connectivity index (χ3v) is 3.37. The molecule has 2 aromatic rings. The van der Waals surface area contributed by atoms with Gasteiger partial charge in [0.05, 0.1) is 18.4 Å². The number of carbonyl (C=O) groups is 1. The highest BCUT2D eigenvalue weighted by Crippen LogP contribution is 2.16. The molecule has 1 unspecified atom stereocenters. The Morgan fingerprint density at radius 1 is 1.40 bits per heavy atom. The van der Waals surface area contributed by atoms with Crippen molar-refractivity contribution < 1.29 is 9.53 Å². The van der Waals surface area contributed by atoms with Crippen molar-refractivity contribution >= 4 is 5.91 Å². The van der Waals surface area contributed by atoms with E-state index in [9.17, 15) is 4.79 Å². The molecule has 5 heteroatoms. The van der Waals surface area contributed by atoms with Crippen LogP contribution in [-0.4, -0.2) is 28.6 Å². The van der Waals surface area contributed by atoms with Gasteiger partial charge in [-0.3, -0.25) is 4.79 Å². The zero-order valence-electron chi connectivity index (χ0n) is 11.1. The van der Waals surface area contributed by atoms with Gasteiger partial charge in [0.25, 0.3) is 0 Å². The van der Waals surface area contributed by atoms with Crippen molar-refractivity contribution in [3.63, 3.8) is 0 Å². The number of imidazole rings is 1. The van der Waals surface area contributed by atoms with E-state index < -0.39 is 0 Å². The maximum atomic E-state index is 11.8. The lowest BCUT2D eigenvalue weighted by molar-refractivity contribution is -0.130. The van der Waals surface area contributed by atoms with Gasteiger partial charge in [0.15, 0.2) is 0 Å². The van der Waals surface area contributed by atoms with Crippen molar-refractivity contribution in [2.24, 2.45) is 0 Å². The van der Waals surface area contributed by atoms with Crippen LogP contribution >= 0.6 is 0 Å². The fourth-order valence-electron chi connectivity index (χ4n) is 2.29.